The molecule has 8 heteroatoms. The molecule has 4 N–H and O–H groups in total. The van der Waals surface area contributed by atoms with Gasteiger partial charge in [-0.05, 0) is 0 Å². The third kappa shape index (κ3) is 10.2. The van der Waals surface area contributed by atoms with Crippen molar-refractivity contribution in [1.29, 1.82) is 0 Å². The molecule has 0 spiro atoms. The summed E-state index contributed by atoms with van der Waals surface area (Å²) in [5.74, 6) is 0. The number of nitrogens with two attached hydrogens (primary N) is 2. The molecule has 0 aliphatic carbocycles. The Morgan fingerprint density at radius 3 is 1.88 bits per heavy atom. The molecule has 0 aromatic heterocycles. The SMILES string of the molecule is CCCCCCCCc1ccc(N=Nc2cc([Se][Se]c3ccccc3)c(N)cc2N)cc1[Se][Se]c1ccccc1. The van der Waals surface area contributed by atoms with E-state index in [1.54, 1.807) is 0 Å². The fraction of sp³-hybridized carbons (Fsp3) is 0.250. The number of nitrogens with zero attached hydrogens (tertiary/aromatic N) is 2. The van der Waals surface area contributed by atoms with Crippen LogP contribution in [0.2, 0.25) is 0 Å². The number of anilines is 2. The number of hydrogen-bond donors (Lipinski definition) is 2. The zero-order valence-corrected chi connectivity index (χ0v) is 29.6. The number of azo groups is 1. The molecule has 0 saturated carbocycles. The van der Waals surface area contributed by atoms with Crippen molar-refractivity contribution >= 4 is 93.1 Å². The second-order valence-corrected chi connectivity index (χ2v) is 21.9. The van der Waals surface area contributed by atoms with Crippen molar-refractivity contribution in [1.82, 2.24) is 0 Å². The van der Waals surface area contributed by atoms with Gasteiger partial charge in [0, 0.05) is 0 Å². The van der Waals surface area contributed by atoms with E-state index in [1.807, 2.05) is 12.1 Å². The Morgan fingerprint density at radius 2 is 1.20 bits per heavy atom. The zero-order valence-electron chi connectivity index (χ0n) is 22.8. The van der Waals surface area contributed by atoms with E-state index in [0.717, 1.165) is 22.3 Å². The second-order valence-electron chi connectivity index (χ2n) is 9.42. The van der Waals surface area contributed by atoms with Gasteiger partial charge >= 0.3 is 263 Å². The summed E-state index contributed by atoms with van der Waals surface area (Å²) < 4.78 is 5.43. The standard InChI is InChI=1S/C32H36N4Se4/c1-2-3-4-5-6-9-14-24-19-20-25(21-31(24)39-37-26-15-10-7-11-16-26)35-36-30-23-32(29(34)22-28(30)33)40-38-27-17-12-8-13-18-27/h7-8,10-13,15-23H,2-6,9,14,33-34H2,1H3. The molecule has 4 rings (SSSR count). The van der Waals surface area contributed by atoms with Crippen LogP contribution in [0, 0.1) is 0 Å². The van der Waals surface area contributed by atoms with E-state index < -0.39 is 0 Å². The Hall–Kier alpha value is -1.84. The van der Waals surface area contributed by atoms with Crippen molar-refractivity contribution in [3.05, 3.63) is 96.6 Å². The number of nitrogen functional groups attached to an aromatic ring is 2. The number of unbranched alkanes of at least 4 members (excludes halogenated alkanes) is 5. The van der Waals surface area contributed by atoms with Gasteiger partial charge in [-0.2, -0.15) is 0 Å². The Kier molecular flexibility index (Phi) is 13.4. The van der Waals surface area contributed by atoms with Crippen molar-refractivity contribution in [3.8, 4) is 0 Å². The van der Waals surface area contributed by atoms with Crippen LogP contribution in [-0.2, 0) is 6.42 Å². The fourth-order valence-electron chi connectivity index (χ4n) is 4.00. The molecular weight excluding hydrogens is 756 g/mol. The van der Waals surface area contributed by atoms with Gasteiger partial charge in [-0.3, -0.25) is 0 Å². The van der Waals surface area contributed by atoms with Crippen LogP contribution >= 0.6 is 0 Å². The van der Waals surface area contributed by atoms with Crippen LogP contribution in [0.15, 0.2) is 101 Å². The first-order valence-electron chi connectivity index (χ1n) is 13.6. The predicted molar refractivity (Wildman–Crippen MR) is 177 cm³/mol. The molecule has 4 nitrogen and oxygen atoms in total. The van der Waals surface area contributed by atoms with Crippen LogP contribution in [0.3, 0.4) is 0 Å². The van der Waals surface area contributed by atoms with Crippen LogP contribution in [0.25, 0.3) is 0 Å². The van der Waals surface area contributed by atoms with Gasteiger partial charge in [0.25, 0.3) is 0 Å². The molecule has 0 radical (unpaired) electrons. The number of benzene rings is 4. The molecule has 0 heterocycles. The third-order valence-electron chi connectivity index (χ3n) is 6.22. The van der Waals surface area contributed by atoms with Crippen LogP contribution in [0.1, 0.15) is 51.0 Å². The van der Waals surface area contributed by atoms with Gasteiger partial charge in [-0.15, -0.1) is 0 Å². The second kappa shape index (κ2) is 17.2. The minimum atomic E-state index is 0.254. The predicted octanol–water partition coefficient (Wildman–Crippen LogP) is 4.72. The molecule has 4 aromatic carbocycles. The van der Waals surface area contributed by atoms with E-state index in [1.165, 1.54) is 57.5 Å². The summed E-state index contributed by atoms with van der Waals surface area (Å²) in [6.45, 7) is 2.27. The molecule has 0 unspecified atom stereocenters. The Labute approximate surface area is 261 Å². The topological polar surface area (TPSA) is 76.8 Å². The Morgan fingerprint density at radius 1 is 0.575 bits per heavy atom. The third-order valence-corrected chi connectivity index (χ3v) is 20.7. The molecule has 0 amide bonds. The summed E-state index contributed by atoms with van der Waals surface area (Å²) >= 11 is 1.45. The molecule has 4 aromatic rings. The molecular formula is C32H36N4Se4. The fourth-order valence-corrected chi connectivity index (χ4v) is 17.2. The number of rotatable bonds is 15. The molecule has 0 atom stereocenters. The van der Waals surface area contributed by atoms with Crippen molar-refractivity contribution in [2.75, 3.05) is 11.5 Å². The van der Waals surface area contributed by atoms with Gasteiger partial charge < -0.3 is 0 Å². The summed E-state index contributed by atoms with van der Waals surface area (Å²) in [6.07, 6.45) is 9.05. The number of hydrogen-bond acceptors (Lipinski definition) is 4. The van der Waals surface area contributed by atoms with Gasteiger partial charge in [0.15, 0.2) is 0 Å². The van der Waals surface area contributed by atoms with Crippen molar-refractivity contribution in [2.45, 2.75) is 51.9 Å². The van der Waals surface area contributed by atoms with Gasteiger partial charge in [0.2, 0.25) is 0 Å². The quantitative estimate of drug-likeness (QED) is 0.0793. The summed E-state index contributed by atoms with van der Waals surface area (Å²) in [5, 5.41) is 9.25. The van der Waals surface area contributed by atoms with E-state index in [-0.39, 0.29) is 13.1 Å². The normalized spacial score (nSPS) is 11.3. The first kappa shape index (κ1) is 31.1. The molecule has 40 heavy (non-hydrogen) atoms. The summed E-state index contributed by atoms with van der Waals surface area (Å²) in [7, 11) is 0. The van der Waals surface area contributed by atoms with Crippen LogP contribution in [0.5, 0.6) is 0 Å². The van der Waals surface area contributed by atoms with Crippen LogP contribution < -0.4 is 29.3 Å². The minimum absolute atomic E-state index is 0.254. The van der Waals surface area contributed by atoms with Gasteiger partial charge in [-0.25, -0.2) is 0 Å². The summed E-state index contributed by atoms with van der Waals surface area (Å²) in [4.78, 5) is 0. The molecule has 0 aliphatic heterocycles. The summed E-state index contributed by atoms with van der Waals surface area (Å²) in [5.41, 5.74) is 17.0. The summed E-state index contributed by atoms with van der Waals surface area (Å²) in [6, 6.07) is 32.0. The first-order chi connectivity index (χ1) is 19.6. The van der Waals surface area contributed by atoms with Crippen LogP contribution in [-0.4, -0.2) is 52.5 Å². The van der Waals surface area contributed by atoms with E-state index >= 15 is 0 Å². The van der Waals surface area contributed by atoms with Gasteiger partial charge in [0.05, 0.1) is 0 Å². The first-order valence-corrected chi connectivity index (χ1v) is 25.7. The maximum absolute atomic E-state index is 6.33. The van der Waals surface area contributed by atoms with Crippen molar-refractivity contribution in [2.24, 2.45) is 10.2 Å². The maximum atomic E-state index is 6.33. The Bertz CT molecular complexity index is 1360. The van der Waals surface area contributed by atoms with Crippen molar-refractivity contribution < 1.29 is 0 Å². The molecule has 208 valence electrons. The molecule has 0 aliphatic rings. The Balaban J connectivity index is 1.47. The van der Waals surface area contributed by atoms with Gasteiger partial charge in [0.1, 0.15) is 0 Å². The zero-order chi connectivity index (χ0) is 28.0. The number of aryl methyl sites for hydroxylation is 1. The van der Waals surface area contributed by atoms with Crippen LogP contribution in [0.4, 0.5) is 22.7 Å². The van der Waals surface area contributed by atoms with E-state index in [2.05, 4.69) is 96.0 Å². The van der Waals surface area contributed by atoms with E-state index in [9.17, 15) is 0 Å². The average molecular weight is 793 g/mol. The van der Waals surface area contributed by atoms with E-state index in [4.69, 9.17) is 11.5 Å². The molecule has 0 fully saturated rings. The van der Waals surface area contributed by atoms with E-state index in [0.29, 0.717) is 50.8 Å². The average Bonchev–Trinajstić information content (AvgIpc) is 2.98. The van der Waals surface area contributed by atoms with Crippen molar-refractivity contribution in [3.63, 3.8) is 0 Å². The molecule has 0 bridgehead atoms. The van der Waals surface area contributed by atoms with Gasteiger partial charge in [-0.1, -0.05) is 0 Å². The molecule has 0 saturated heterocycles. The monoisotopic (exact) mass is 796 g/mol.